The molecule has 0 aliphatic rings. The third kappa shape index (κ3) is 3.11. The van der Waals surface area contributed by atoms with Crippen LogP contribution in [0.2, 0.25) is 0 Å². The molecule has 100 valence electrons. The lowest BCUT2D eigenvalue weighted by atomic mass is 9.98. The summed E-state index contributed by atoms with van der Waals surface area (Å²) in [5.41, 5.74) is 6.03. The lowest BCUT2D eigenvalue weighted by Crippen LogP contribution is -2.02. The molecule has 0 aliphatic heterocycles. The van der Waals surface area contributed by atoms with Gasteiger partial charge in [0, 0.05) is 18.2 Å². The second-order valence-electron chi connectivity index (χ2n) is 4.97. The first-order chi connectivity index (χ1) is 9.11. The van der Waals surface area contributed by atoms with Crippen molar-refractivity contribution in [2.75, 3.05) is 11.9 Å². The lowest BCUT2D eigenvalue weighted by Gasteiger charge is -2.10. The summed E-state index contributed by atoms with van der Waals surface area (Å²) in [7, 11) is 0. The molecule has 0 unspecified atom stereocenters. The molecule has 0 fully saturated rings. The van der Waals surface area contributed by atoms with E-state index in [1.54, 1.807) is 6.33 Å². The van der Waals surface area contributed by atoms with Gasteiger partial charge in [-0.05, 0) is 49.9 Å². The van der Waals surface area contributed by atoms with Crippen molar-refractivity contribution in [3.05, 3.63) is 41.2 Å². The molecule has 2 rings (SSSR count). The van der Waals surface area contributed by atoms with Crippen LogP contribution in [0.4, 0.5) is 5.82 Å². The third-order valence-electron chi connectivity index (χ3n) is 3.34. The monoisotopic (exact) mass is 255 g/mol. The Morgan fingerprint density at radius 1 is 0.947 bits per heavy atom. The normalized spacial score (nSPS) is 10.5. The molecule has 19 heavy (non-hydrogen) atoms. The predicted molar refractivity (Wildman–Crippen MR) is 80.5 cm³/mol. The summed E-state index contributed by atoms with van der Waals surface area (Å²) < 4.78 is 0. The average Bonchev–Trinajstić information content (AvgIpc) is 2.41. The first kappa shape index (κ1) is 13.5. The van der Waals surface area contributed by atoms with Crippen molar-refractivity contribution in [3.8, 4) is 11.3 Å². The highest BCUT2D eigenvalue weighted by Gasteiger charge is 2.07. The minimum absolute atomic E-state index is 0.893. The van der Waals surface area contributed by atoms with Crippen LogP contribution in [0.5, 0.6) is 0 Å². The molecule has 0 atom stereocenters. The van der Waals surface area contributed by atoms with Gasteiger partial charge in [-0.15, -0.1) is 0 Å². The first-order valence-corrected chi connectivity index (χ1v) is 6.76. The number of benzene rings is 1. The molecule has 1 N–H and O–H groups in total. The Balaban J connectivity index is 2.38. The summed E-state index contributed by atoms with van der Waals surface area (Å²) in [6, 6.07) is 6.44. The van der Waals surface area contributed by atoms with Gasteiger partial charge in [-0.25, -0.2) is 9.97 Å². The highest BCUT2D eigenvalue weighted by Crippen LogP contribution is 2.25. The number of nitrogens with zero attached hydrogens (tertiary/aromatic N) is 2. The molecule has 3 heteroatoms. The minimum Gasteiger partial charge on any atom is -0.370 e. The van der Waals surface area contributed by atoms with Gasteiger partial charge in [-0.3, -0.25) is 0 Å². The molecule has 1 aromatic carbocycles. The molecule has 0 saturated carbocycles. The predicted octanol–water partition coefficient (Wildman–Crippen LogP) is 3.89. The Hall–Kier alpha value is -1.90. The Bertz CT molecular complexity index is 576. The third-order valence-corrected chi connectivity index (χ3v) is 3.34. The number of hydrogen-bond donors (Lipinski definition) is 1. The van der Waals surface area contributed by atoms with Crippen LogP contribution in [-0.2, 0) is 0 Å². The zero-order valence-corrected chi connectivity index (χ0v) is 12.1. The van der Waals surface area contributed by atoms with Crippen molar-refractivity contribution in [1.29, 1.82) is 0 Å². The molecule has 0 aliphatic carbocycles. The summed E-state index contributed by atoms with van der Waals surface area (Å²) in [6.07, 6.45) is 2.71. The van der Waals surface area contributed by atoms with Gasteiger partial charge in [-0.1, -0.05) is 13.0 Å². The van der Waals surface area contributed by atoms with Crippen LogP contribution in [0.3, 0.4) is 0 Å². The molecule has 0 spiro atoms. The molecule has 1 heterocycles. The quantitative estimate of drug-likeness (QED) is 0.900. The minimum atomic E-state index is 0.893. The SMILES string of the molecule is CCCNc1cc(-c2cc(C)c(C)cc2C)ncn1. The Kier molecular flexibility index (Phi) is 4.15. The van der Waals surface area contributed by atoms with Crippen molar-refractivity contribution in [2.24, 2.45) is 0 Å². The van der Waals surface area contributed by atoms with Crippen molar-refractivity contribution in [1.82, 2.24) is 9.97 Å². The van der Waals surface area contributed by atoms with Crippen LogP contribution in [0.25, 0.3) is 11.3 Å². The van der Waals surface area contributed by atoms with E-state index in [0.29, 0.717) is 0 Å². The summed E-state index contributed by atoms with van der Waals surface area (Å²) in [5.74, 6) is 0.893. The van der Waals surface area contributed by atoms with Crippen LogP contribution in [-0.4, -0.2) is 16.5 Å². The molecule has 0 bridgehead atoms. The maximum atomic E-state index is 4.40. The molecule has 2 aromatic rings. The topological polar surface area (TPSA) is 37.8 Å². The van der Waals surface area contributed by atoms with E-state index in [4.69, 9.17) is 0 Å². The first-order valence-electron chi connectivity index (χ1n) is 6.76. The van der Waals surface area contributed by atoms with Crippen LogP contribution in [0.15, 0.2) is 24.5 Å². The summed E-state index contributed by atoms with van der Waals surface area (Å²) in [5, 5.41) is 3.30. The summed E-state index contributed by atoms with van der Waals surface area (Å²) in [4.78, 5) is 8.65. The van der Waals surface area contributed by atoms with Gasteiger partial charge >= 0.3 is 0 Å². The van der Waals surface area contributed by atoms with E-state index in [0.717, 1.165) is 24.5 Å². The van der Waals surface area contributed by atoms with Crippen LogP contribution in [0.1, 0.15) is 30.0 Å². The second-order valence-corrected chi connectivity index (χ2v) is 4.97. The van der Waals surface area contributed by atoms with E-state index in [1.165, 1.54) is 22.3 Å². The van der Waals surface area contributed by atoms with Crippen molar-refractivity contribution >= 4 is 5.82 Å². The zero-order chi connectivity index (χ0) is 13.8. The number of anilines is 1. The summed E-state index contributed by atoms with van der Waals surface area (Å²) in [6.45, 7) is 9.48. The van der Waals surface area contributed by atoms with Gasteiger partial charge in [0.25, 0.3) is 0 Å². The van der Waals surface area contributed by atoms with Crippen molar-refractivity contribution < 1.29 is 0 Å². The van der Waals surface area contributed by atoms with Gasteiger partial charge in [0.15, 0.2) is 0 Å². The largest absolute Gasteiger partial charge is 0.370 e. The smallest absolute Gasteiger partial charge is 0.129 e. The van der Waals surface area contributed by atoms with E-state index in [2.05, 4.69) is 55.1 Å². The fourth-order valence-electron chi connectivity index (χ4n) is 2.09. The van der Waals surface area contributed by atoms with E-state index < -0.39 is 0 Å². The average molecular weight is 255 g/mol. The van der Waals surface area contributed by atoms with Gasteiger partial charge in [0.2, 0.25) is 0 Å². The van der Waals surface area contributed by atoms with E-state index in [-0.39, 0.29) is 0 Å². The highest BCUT2D eigenvalue weighted by molar-refractivity contribution is 5.67. The molecule has 0 amide bonds. The van der Waals surface area contributed by atoms with E-state index >= 15 is 0 Å². The maximum Gasteiger partial charge on any atom is 0.129 e. The molecular formula is C16H21N3. The van der Waals surface area contributed by atoms with Gasteiger partial charge in [0.05, 0.1) is 5.69 Å². The summed E-state index contributed by atoms with van der Waals surface area (Å²) >= 11 is 0. The van der Waals surface area contributed by atoms with E-state index in [1.807, 2.05) is 6.07 Å². The van der Waals surface area contributed by atoms with Crippen LogP contribution >= 0.6 is 0 Å². The van der Waals surface area contributed by atoms with Gasteiger partial charge in [0.1, 0.15) is 12.1 Å². The van der Waals surface area contributed by atoms with Crippen molar-refractivity contribution in [3.63, 3.8) is 0 Å². The fourth-order valence-corrected chi connectivity index (χ4v) is 2.09. The second kappa shape index (κ2) is 5.83. The van der Waals surface area contributed by atoms with Gasteiger partial charge < -0.3 is 5.32 Å². The number of hydrogen-bond acceptors (Lipinski definition) is 3. The highest BCUT2D eigenvalue weighted by atomic mass is 15.0. The number of rotatable bonds is 4. The van der Waals surface area contributed by atoms with Crippen LogP contribution in [0, 0.1) is 20.8 Å². The van der Waals surface area contributed by atoms with E-state index in [9.17, 15) is 0 Å². The van der Waals surface area contributed by atoms with Crippen molar-refractivity contribution in [2.45, 2.75) is 34.1 Å². The molecule has 3 nitrogen and oxygen atoms in total. The number of nitrogens with one attached hydrogen (secondary N) is 1. The molecule has 0 radical (unpaired) electrons. The molecule has 1 aromatic heterocycles. The standard InChI is InChI=1S/C16H21N3/c1-5-6-17-16-9-15(18-10-19-16)14-8-12(3)11(2)7-13(14)4/h7-10H,5-6H2,1-4H3,(H,17,18,19). The Morgan fingerprint density at radius 2 is 1.68 bits per heavy atom. The Labute approximate surface area is 115 Å². The fraction of sp³-hybridized carbons (Fsp3) is 0.375. The van der Waals surface area contributed by atoms with Crippen LogP contribution < -0.4 is 5.32 Å². The lowest BCUT2D eigenvalue weighted by molar-refractivity contribution is 0.965. The maximum absolute atomic E-state index is 4.40. The number of aromatic nitrogens is 2. The molecule has 0 saturated heterocycles. The zero-order valence-electron chi connectivity index (χ0n) is 12.1. The molecular weight excluding hydrogens is 234 g/mol. The Morgan fingerprint density at radius 3 is 2.42 bits per heavy atom. The number of aryl methyl sites for hydroxylation is 3. The van der Waals surface area contributed by atoms with Gasteiger partial charge in [-0.2, -0.15) is 0 Å².